The van der Waals surface area contributed by atoms with Crippen LogP contribution in [0.25, 0.3) is 0 Å². The van der Waals surface area contributed by atoms with Gasteiger partial charge in [-0.2, -0.15) is 0 Å². The highest BCUT2D eigenvalue weighted by atomic mass is 16.2. The summed E-state index contributed by atoms with van der Waals surface area (Å²) in [6.07, 6.45) is 6.91. The molecule has 0 bridgehead atoms. The van der Waals surface area contributed by atoms with Gasteiger partial charge < -0.3 is 10.4 Å². The van der Waals surface area contributed by atoms with Crippen LogP contribution in [0.3, 0.4) is 0 Å². The van der Waals surface area contributed by atoms with E-state index in [2.05, 4.69) is 17.4 Å². The molecule has 0 spiro atoms. The summed E-state index contributed by atoms with van der Waals surface area (Å²) >= 11 is 0. The highest BCUT2D eigenvalue weighted by molar-refractivity contribution is 5.88. The maximum Gasteiger partial charge on any atom is 0.230 e. The van der Waals surface area contributed by atoms with E-state index in [9.17, 15) is 4.79 Å². The summed E-state index contributed by atoms with van der Waals surface area (Å²) in [5.41, 5.74) is 0.850. The Balaban J connectivity index is 1.96. The first-order chi connectivity index (χ1) is 9.79. The molecular weight excluding hydrogens is 250 g/mol. The van der Waals surface area contributed by atoms with Gasteiger partial charge in [-0.3, -0.25) is 4.79 Å². The molecule has 110 valence electrons. The Kier molecular flexibility index (Phi) is 5.60. The van der Waals surface area contributed by atoms with E-state index in [-0.39, 0.29) is 17.9 Å². The maximum atomic E-state index is 12.6. The number of aliphatic hydroxyl groups excluding tert-OH is 1. The highest BCUT2D eigenvalue weighted by Gasteiger charge is 2.42. The average Bonchev–Trinajstić information content (AvgIpc) is 2.99. The van der Waals surface area contributed by atoms with E-state index in [1.807, 2.05) is 18.2 Å². The molecule has 2 rings (SSSR count). The van der Waals surface area contributed by atoms with Crippen molar-refractivity contribution >= 4 is 5.91 Å². The predicted octanol–water partition coefficient (Wildman–Crippen LogP) is 2.78. The van der Waals surface area contributed by atoms with Crippen molar-refractivity contribution in [1.29, 1.82) is 0 Å². The second-order valence-corrected chi connectivity index (χ2v) is 5.70. The van der Waals surface area contributed by atoms with Crippen LogP contribution in [0.15, 0.2) is 30.3 Å². The van der Waals surface area contributed by atoms with Crippen LogP contribution in [0.4, 0.5) is 0 Å². The lowest BCUT2D eigenvalue weighted by atomic mass is 9.78. The van der Waals surface area contributed by atoms with E-state index >= 15 is 0 Å². The number of carbonyl (C=O) groups is 1. The first-order valence-corrected chi connectivity index (χ1v) is 7.74. The molecule has 1 aromatic carbocycles. The first kappa shape index (κ1) is 15.0. The van der Waals surface area contributed by atoms with Crippen molar-refractivity contribution in [3.63, 3.8) is 0 Å². The van der Waals surface area contributed by atoms with Gasteiger partial charge >= 0.3 is 0 Å². The van der Waals surface area contributed by atoms with Gasteiger partial charge in [-0.1, -0.05) is 43.2 Å². The molecule has 0 atom stereocenters. The number of rotatable bonds is 7. The second kappa shape index (κ2) is 7.44. The lowest BCUT2D eigenvalue weighted by Gasteiger charge is -2.28. The lowest BCUT2D eigenvalue weighted by Crippen LogP contribution is -2.42. The van der Waals surface area contributed by atoms with Gasteiger partial charge in [-0.15, -0.1) is 0 Å². The molecule has 0 unspecified atom stereocenters. The molecule has 0 aromatic heterocycles. The van der Waals surface area contributed by atoms with Gasteiger partial charge in [-0.05, 0) is 37.7 Å². The van der Waals surface area contributed by atoms with Gasteiger partial charge in [0.05, 0.1) is 5.41 Å². The van der Waals surface area contributed by atoms with Crippen molar-refractivity contribution in [2.45, 2.75) is 50.4 Å². The zero-order valence-electron chi connectivity index (χ0n) is 12.1. The fourth-order valence-electron chi connectivity index (χ4n) is 3.17. The first-order valence-electron chi connectivity index (χ1n) is 7.74. The van der Waals surface area contributed by atoms with E-state index in [1.54, 1.807) is 0 Å². The molecule has 1 aromatic rings. The zero-order valence-corrected chi connectivity index (χ0v) is 12.1. The van der Waals surface area contributed by atoms with Crippen molar-refractivity contribution in [3.05, 3.63) is 35.9 Å². The van der Waals surface area contributed by atoms with Crippen LogP contribution in [0.1, 0.15) is 50.5 Å². The summed E-state index contributed by atoms with van der Waals surface area (Å²) in [5, 5.41) is 11.9. The molecule has 1 fully saturated rings. The predicted molar refractivity (Wildman–Crippen MR) is 80.5 cm³/mol. The Morgan fingerprint density at radius 3 is 2.45 bits per heavy atom. The number of nitrogens with one attached hydrogen (secondary N) is 1. The molecule has 1 amide bonds. The molecule has 0 radical (unpaired) electrons. The largest absolute Gasteiger partial charge is 0.396 e. The van der Waals surface area contributed by atoms with E-state index in [0.717, 1.165) is 50.5 Å². The molecule has 3 heteroatoms. The maximum absolute atomic E-state index is 12.6. The molecule has 0 saturated heterocycles. The summed E-state index contributed by atoms with van der Waals surface area (Å²) < 4.78 is 0. The minimum absolute atomic E-state index is 0.185. The van der Waals surface area contributed by atoms with Crippen LogP contribution in [0.5, 0.6) is 0 Å². The van der Waals surface area contributed by atoms with Gasteiger partial charge in [0, 0.05) is 13.2 Å². The van der Waals surface area contributed by atoms with E-state index < -0.39 is 0 Å². The third-order valence-corrected chi connectivity index (χ3v) is 4.34. The van der Waals surface area contributed by atoms with E-state index in [1.165, 1.54) is 0 Å². The summed E-state index contributed by atoms with van der Waals surface area (Å²) in [7, 11) is 0. The van der Waals surface area contributed by atoms with Gasteiger partial charge in [0.25, 0.3) is 0 Å². The number of benzene rings is 1. The molecule has 2 N–H and O–H groups in total. The van der Waals surface area contributed by atoms with E-state index in [0.29, 0.717) is 6.54 Å². The number of carbonyl (C=O) groups excluding carboxylic acids is 1. The van der Waals surface area contributed by atoms with Crippen molar-refractivity contribution in [2.24, 2.45) is 0 Å². The van der Waals surface area contributed by atoms with Crippen LogP contribution in [0.2, 0.25) is 0 Å². The van der Waals surface area contributed by atoms with Crippen LogP contribution in [-0.2, 0) is 10.2 Å². The van der Waals surface area contributed by atoms with Gasteiger partial charge in [-0.25, -0.2) is 0 Å². The Morgan fingerprint density at radius 2 is 1.80 bits per heavy atom. The highest BCUT2D eigenvalue weighted by Crippen LogP contribution is 2.41. The number of aliphatic hydroxyl groups is 1. The minimum Gasteiger partial charge on any atom is -0.396 e. The molecule has 0 aliphatic heterocycles. The van der Waals surface area contributed by atoms with Crippen LogP contribution in [0, 0.1) is 0 Å². The molecule has 1 aliphatic rings. The van der Waals surface area contributed by atoms with Crippen molar-refractivity contribution in [3.8, 4) is 0 Å². The third kappa shape index (κ3) is 3.40. The third-order valence-electron chi connectivity index (χ3n) is 4.34. The molecule has 1 aliphatic carbocycles. The molecule has 20 heavy (non-hydrogen) atoms. The molecule has 0 heterocycles. The van der Waals surface area contributed by atoms with Crippen LogP contribution < -0.4 is 5.32 Å². The summed E-state index contributed by atoms with van der Waals surface area (Å²) in [6.45, 7) is 0.954. The minimum atomic E-state index is -0.307. The average molecular weight is 275 g/mol. The second-order valence-electron chi connectivity index (χ2n) is 5.70. The fourth-order valence-corrected chi connectivity index (χ4v) is 3.17. The summed E-state index contributed by atoms with van der Waals surface area (Å²) in [5.74, 6) is 0.185. The van der Waals surface area contributed by atoms with Crippen LogP contribution >= 0.6 is 0 Å². The molecule has 1 saturated carbocycles. The van der Waals surface area contributed by atoms with Gasteiger partial charge in [0.1, 0.15) is 0 Å². The van der Waals surface area contributed by atoms with Gasteiger partial charge in [0.15, 0.2) is 0 Å². The number of unbranched alkanes of at least 4 members (excludes halogenated alkanes) is 2. The van der Waals surface area contributed by atoms with Gasteiger partial charge in [0.2, 0.25) is 5.91 Å². The monoisotopic (exact) mass is 275 g/mol. The van der Waals surface area contributed by atoms with Crippen molar-refractivity contribution in [1.82, 2.24) is 5.32 Å². The number of hydrogen-bond donors (Lipinski definition) is 2. The Labute approximate surface area is 121 Å². The van der Waals surface area contributed by atoms with Crippen molar-refractivity contribution in [2.75, 3.05) is 13.2 Å². The summed E-state index contributed by atoms with van der Waals surface area (Å²) in [4.78, 5) is 12.6. The molecular formula is C17H25NO2. The Hall–Kier alpha value is -1.35. The van der Waals surface area contributed by atoms with Crippen molar-refractivity contribution < 1.29 is 9.90 Å². The fraction of sp³-hybridized carbons (Fsp3) is 0.588. The summed E-state index contributed by atoms with van der Waals surface area (Å²) in [6, 6.07) is 10.2. The van der Waals surface area contributed by atoms with E-state index in [4.69, 9.17) is 5.11 Å². The van der Waals surface area contributed by atoms with Crippen LogP contribution in [-0.4, -0.2) is 24.2 Å². The SMILES string of the molecule is O=C(NCCCCCO)C1(c2ccccc2)CCCC1. The molecule has 3 nitrogen and oxygen atoms in total. The lowest BCUT2D eigenvalue weighted by molar-refractivity contribution is -0.126. The number of amides is 1. The quantitative estimate of drug-likeness (QED) is 0.752. The smallest absolute Gasteiger partial charge is 0.230 e. The Bertz CT molecular complexity index is 410. The number of hydrogen-bond acceptors (Lipinski definition) is 2. The standard InChI is InChI=1S/C17H25NO2/c19-14-8-2-7-13-18-16(20)17(11-5-6-12-17)15-9-3-1-4-10-15/h1,3-4,9-10,19H,2,5-8,11-14H2,(H,18,20). The Morgan fingerprint density at radius 1 is 1.10 bits per heavy atom. The zero-order chi connectivity index (χ0) is 14.3. The topological polar surface area (TPSA) is 49.3 Å². The normalized spacial score (nSPS) is 17.1.